The quantitative estimate of drug-likeness (QED) is 0.590. The van der Waals surface area contributed by atoms with Crippen molar-refractivity contribution in [3.05, 3.63) is 58.6 Å². The number of carboxylic acids is 2. The molecule has 0 spiro atoms. The van der Waals surface area contributed by atoms with Crippen molar-refractivity contribution in [1.82, 2.24) is 5.32 Å². The molecule has 2 aromatic carbocycles. The zero-order valence-electron chi connectivity index (χ0n) is 14.4. The molecule has 0 amide bonds. The van der Waals surface area contributed by atoms with Gasteiger partial charge in [-0.05, 0) is 30.0 Å². The fourth-order valence-corrected chi connectivity index (χ4v) is 2.75. The topological polar surface area (TPSA) is 116 Å². The van der Waals surface area contributed by atoms with Crippen molar-refractivity contribution in [2.24, 2.45) is 0 Å². The lowest BCUT2D eigenvalue weighted by molar-refractivity contribution is -0.159. The Hall–Kier alpha value is -2.77. The number of hydrogen-bond acceptors (Lipinski definition) is 5. The van der Waals surface area contributed by atoms with E-state index in [1.807, 2.05) is 18.2 Å². The smallest absolute Gasteiger partial charge is 0.414 e. The number of nitrogens with one attached hydrogen (secondary N) is 1. The minimum atomic E-state index is -1.82. The fourth-order valence-electron chi connectivity index (χ4n) is 2.56. The first-order valence-corrected chi connectivity index (χ1v) is 8.63. The number of rotatable bonds is 4. The second kappa shape index (κ2) is 9.80. The van der Waals surface area contributed by atoms with E-state index < -0.39 is 11.9 Å². The molecule has 8 heteroatoms. The summed E-state index contributed by atoms with van der Waals surface area (Å²) in [7, 11) is 0. The maximum atomic E-state index is 9.66. The zero-order chi connectivity index (χ0) is 19.8. The van der Waals surface area contributed by atoms with E-state index in [2.05, 4.69) is 17.4 Å². The van der Waals surface area contributed by atoms with Gasteiger partial charge in [0.25, 0.3) is 0 Å². The lowest BCUT2D eigenvalue weighted by atomic mass is 10.0. The minimum Gasteiger partial charge on any atom is -0.506 e. The van der Waals surface area contributed by atoms with E-state index in [9.17, 15) is 5.11 Å². The maximum Gasteiger partial charge on any atom is 0.414 e. The Labute approximate surface area is 161 Å². The molecule has 1 heterocycles. The summed E-state index contributed by atoms with van der Waals surface area (Å²) in [6, 6.07) is 13.7. The van der Waals surface area contributed by atoms with Crippen LogP contribution >= 0.6 is 11.6 Å². The van der Waals surface area contributed by atoms with Gasteiger partial charge in [-0.2, -0.15) is 0 Å². The van der Waals surface area contributed by atoms with Crippen molar-refractivity contribution in [3.8, 4) is 11.5 Å². The van der Waals surface area contributed by atoms with Gasteiger partial charge in [0.1, 0.15) is 17.6 Å². The van der Waals surface area contributed by atoms with Gasteiger partial charge in [0.15, 0.2) is 0 Å². The minimum absolute atomic E-state index is 0.0771. The van der Waals surface area contributed by atoms with E-state index in [1.165, 1.54) is 5.56 Å². The normalized spacial score (nSPS) is 14.9. The van der Waals surface area contributed by atoms with Gasteiger partial charge in [-0.15, -0.1) is 0 Å². The molecule has 27 heavy (non-hydrogen) atoms. The number of aryl methyl sites for hydroxylation is 1. The highest BCUT2D eigenvalue weighted by molar-refractivity contribution is 6.32. The summed E-state index contributed by atoms with van der Waals surface area (Å²) in [5.74, 6) is -2.83. The molecule has 0 radical (unpaired) electrons. The van der Waals surface area contributed by atoms with Crippen LogP contribution in [-0.2, 0) is 22.6 Å². The first-order chi connectivity index (χ1) is 12.9. The standard InChI is InChI=1S/C17H18ClNO2.C2H2O4/c18-15-8-13-6-7-14(21-17(13)9-16(15)20)11-19-10-12-4-2-1-3-5-12;3-1(4)2(5)6/h1-5,8-9,14,19-20H,6-7,10-11H2;(H,3,4)(H,5,6). The lowest BCUT2D eigenvalue weighted by Gasteiger charge is -2.26. The molecular weight excluding hydrogens is 374 g/mol. The van der Waals surface area contributed by atoms with E-state index in [-0.39, 0.29) is 11.9 Å². The van der Waals surface area contributed by atoms with Gasteiger partial charge >= 0.3 is 11.9 Å². The molecule has 1 atom stereocenters. The predicted octanol–water partition coefficient (Wildman–Crippen LogP) is 2.68. The highest BCUT2D eigenvalue weighted by Crippen LogP contribution is 2.35. The Morgan fingerprint density at radius 3 is 2.44 bits per heavy atom. The summed E-state index contributed by atoms with van der Waals surface area (Å²) >= 11 is 5.92. The monoisotopic (exact) mass is 393 g/mol. The van der Waals surface area contributed by atoms with Crippen LogP contribution < -0.4 is 10.1 Å². The molecule has 0 fully saturated rings. The molecule has 4 N–H and O–H groups in total. The van der Waals surface area contributed by atoms with Gasteiger partial charge < -0.3 is 25.4 Å². The van der Waals surface area contributed by atoms with Crippen LogP contribution in [0.15, 0.2) is 42.5 Å². The largest absolute Gasteiger partial charge is 0.506 e. The van der Waals surface area contributed by atoms with Gasteiger partial charge in [0.2, 0.25) is 0 Å². The number of carbonyl (C=O) groups is 2. The highest BCUT2D eigenvalue weighted by Gasteiger charge is 2.21. The summed E-state index contributed by atoms with van der Waals surface area (Å²) < 4.78 is 5.92. The van der Waals surface area contributed by atoms with E-state index in [4.69, 9.17) is 36.1 Å². The molecule has 144 valence electrons. The van der Waals surface area contributed by atoms with Crippen molar-refractivity contribution in [3.63, 3.8) is 0 Å². The van der Waals surface area contributed by atoms with E-state index >= 15 is 0 Å². The molecule has 2 aromatic rings. The Morgan fingerprint density at radius 2 is 1.81 bits per heavy atom. The van der Waals surface area contributed by atoms with Crippen LogP contribution in [0.2, 0.25) is 5.02 Å². The van der Waals surface area contributed by atoms with Gasteiger partial charge in [0.05, 0.1) is 5.02 Å². The van der Waals surface area contributed by atoms with Crippen LogP contribution in [0.1, 0.15) is 17.5 Å². The van der Waals surface area contributed by atoms with Crippen LogP contribution in [0.5, 0.6) is 11.5 Å². The summed E-state index contributed by atoms with van der Waals surface area (Å²) in [4.78, 5) is 18.2. The van der Waals surface area contributed by atoms with Crippen molar-refractivity contribution in [1.29, 1.82) is 0 Å². The second-order valence-corrected chi connectivity index (χ2v) is 6.32. The van der Waals surface area contributed by atoms with E-state index in [0.717, 1.165) is 37.2 Å². The average molecular weight is 394 g/mol. The van der Waals surface area contributed by atoms with Crippen molar-refractivity contribution in [2.75, 3.05) is 6.54 Å². The number of phenolic OH excluding ortho intramolecular Hbond substituents is 1. The van der Waals surface area contributed by atoms with Gasteiger partial charge in [-0.1, -0.05) is 41.9 Å². The van der Waals surface area contributed by atoms with Gasteiger partial charge in [0, 0.05) is 19.2 Å². The number of aliphatic carboxylic acids is 2. The molecule has 0 saturated carbocycles. The second-order valence-electron chi connectivity index (χ2n) is 5.92. The lowest BCUT2D eigenvalue weighted by Crippen LogP contribution is -2.33. The summed E-state index contributed by atoms with van der Waals surface area (Å²) in [6.07, 6.45) is 2.00. The zero-order valence-corrected chi connectivity index (χ0v) is 15.1. The molecule has 3 rings (SSSR count). The summed E-state index contributed by atoms with van der Waals surface area (Å²) in [5.41, 5.74) is 2.33. The molecular formula is C19H20ClNO6. The SMILES string of the molecule is O=C(O)C(=O)O.Oc1cc2c(cc1Cl)CCC(CNCc1ccccc1)O2. The van der Waals surface area contributed by atoms with Gasteiger partial charge in [-0.3, -0.25) is 0 Å². The third-order valence-electron chi connectivity index (χ3n) is 3.89. The molecule has 0 saturated heterocycles. The van der Waals surface area contributed by atoms with Crippen molar-refractivity contribution < 1.29 is 29.6 Å². The average Bonchev–Trinajstić information content (AvgIpc) is 2.64. The van der Waals surface area contributed by atoms with Crippen LogP contribution in [-0.4, -0.2) is 39.9 Å². The summed E-state index contributed by atoms with van der Waals surface area (Å²) in [6.45, 7) is 1.62. The Kier molecular flexibility index (Phi) is 7.45. The predicted molar refractivity (Wildman–Crippen MR) is 99.3 cm³/mol. The van der Waals surface area contributed by atoms with Crippen LogP contribution in [0.4, 0.5) is 0 Å². The Balaban J connectivity index is 0.000000380. The van der Waals surface area contributed by atoms with Crippen molar-refractivity contribution >= 4 is 23.5 Å². The van der Waals surface area contributed by atoms with E-state index in [1.54, 1.807) is 12.1 Å². The number of phenols is 1. The molecule has 1 unspecified atom stereocenters. The molecule has 7 nitrogen and oxygen atoms in total. The highest BCUT2D eigenvalue weighted by atomic mass is 35.5. The number of fused-ring (bicyclic) bond motifs is 1. The van der Waals surface area contributed by atoms with Crippen LogP contribution in [0, 0.1) is 0 Å². The Bertz CT molecular complexity index is 784. The number of ether oxygens (including phenoxy) is 1. The van der Waals surface area contributed by atoms with Gasteiger partial charge in [-0.25, -0.2) is 9.59 Å². The number of hydrogen-bond donors (Lipinski definition) is 4. The fraction of sp³-hybridized carbons (Fsp3) is 0.263. The Morgan fingerprint density at radius 1 is 1.15 bits per heavy atom. The third-order valence-corrected chi connectivity index (χ3v) is 4.19. The molecule has 1 aliphatic rings. The number of aromatic hydroxyl groups is 1. The number of halogens is 1. The van der Waals surface area contributed by atoms with Crippen LogP contribution in [0.25, 0.3) is 0 Å². The molecule has 0 aliphatic carbocycles. The maximum absolute atomic E-state index is 9.66. The first kappa shape index (κ1) is 20.5. The van der Waals surface area contributed by atoms with E-state index in [0.29, 0.717) is 5.02 Å². The molecule has 0 aromatic heterocycles. The number of carboxylic acid groups (broad SMARTS) is 2. The van der Waals surface area contributed by atoms with Crippen molar-refractivity contribution in [2.45, 2.75) is 25.5 Å². The summed E-state index contributed by atoms with van der Waals surface area (Å²) in [5, 5.41) is 28.2. The first-order valence-electron chi connectivity index (χ1n) is 8.25. The number of benzene rings is 2. The third kappa shape index (κ3) is 6.47. The molecule has 1 aliphatic heterocycles. The van der Waals surface area contributed by atoms with Crippen LogP contribution in [0.3, 0.4) is 0 Å². The molecule has 0 bridgehead atoms.